The summed E-state index contributed by atoms with van der Waals surface area (Å²) in [6.07, 6.45) is 2.85. The van der Waals surface area contributed by atoms with Crippen LogP contribution in [0.15, 0.2) is 6.07 Å². The molecule has 166 valence electrons. The van der Waals surface area contributed by atoms with E-state index in [0.29, 0.717) is 54.1 Å². The van der Waals surface area contributed by atoms with Crippen molar-refractivity contribution in [2.75, 3.05) is 58.4 Å². The number of aliphatic hydroxyl groups excluding tert-OH is 1. The maximum Gasteiger partial charge on any atom is 0.255 e. The van der Waals surface area contributed by atoms with E-state index in [2.05, 4.69) is 15.5 Å². The molecule has 0 bridgehead atoms. The summed E-state index contributed by atoms with van der Waals surface area (Å²) in [6, 6.07) is 1.67. The first kappa shape index (κ1) is 21.5. The lowest BCUT2D eigenvalue weighted by molar-refractivity contribution is -0.00192. The third kappa shape index (κ3) is 4.61. The van der Waals surface area contributed by atoms with Crippen LogP contribution in [-0.4, -0.2) is 81.2 Å². The van der Waals surface area contributed by atoms with Crippen LogP contribution in [0.4, 0.5) is 5.69 Å². The van der Waals surface area contributed by atoms with Gasteiger partial charge < -0.3 is 30.0 Å². The summed E-state index contributed by atoms with van der Waals surface area (Å²) in [5.41, 5.74) is 0.984. The van der Waals surface area contributed by atoms with Gasteiger partial charge in [0.1, 0.15) is 18.2 Å². The lowest BCUT2D eigenvalue weighted by Gasteiger charge is -2.37. The maximum atomic E-state index is 12.9. The number of halogens is 1. The van der Waals surface area contributed by atoms with Crippen molar-refractivity contribution in [2.24, 2.45) is 5.92 Å². The largest absolute Gasteiger partial charge is 0.485 e. The van der Waals surface area contributed by atoms with E-state index in [9.17, 15) is 9.90 Å². The van der Waals surface area contributed by atoms with Crippen LogP contribution in [0.3, 0.4) is 0 Å². The number of nitrogens with one attached hydrogen (secondary N) is 2. The van der Waals surface area contributed by atoms with E-state index in [0.717, 1.165) is 39.0 Å². The molecule has 2 unspecified atom stereocenters. The number of carbonyl (C=O) groups is 1. The molecule has 3 heterocycles. The third-order valence-electron chi connectivity index (χ3n) is 6.08. The van der Waals surface area contributed by atoms with Gasteiger partial charge >= 0.3 is 0 Å². The van der Waals surface area contributed by atoms with Gasteiger partial charge in [-0.3, -0.25) is 9.69 Å². The fourth-order valence-corrected chi connectivity index (χ4v) is 4.66. The molecule has 0 aliphatic carbocycles. The summed E-state index contributed by atoms with van der Waals surface area (Å²) >= 11 is 6.35. The van der Waals surface area contributed by atoms with Crippen molar-refractivity contribution in [3.8, 4) is 11.5 Å². The summed E-state index contributed by atoms with van der Waals surface area (Å²) in [5.74, 6) is 0.509. The Bertz CT molecular complexity index is 771. The van der Waals surface area contributed by atoms with Crippen molar-refractivity contribution >= 4 is 23.2 Å². The van der Waals surface area contributed by atoms with Crippen LogP contribution >= 0.6 is 11.6 Å². The Hall–Kier alpha value is -1.74. The van der Waals surface area contributed by atoms with Crippen LogP contribution in [0.1, 0.15) is 29.6 Å². The highest BCUT2D eigenvalue weighted by Crippen LogP contribution is 2.44. The summed E-state index contributed by atoms with van der Waals surface area (Å²) in [5, 5.41) is 16.9. The second-order valence-corrected chi connectivity index (χ2v) is 8.49. The van der Waals surface area contributed by atoms with Crippen molar-refractivity contribution in [3.05, 3.63) is 16.7 Å². The molecule has 3 atom stereocenters. The first-order valence-corrected chi connectivity index (χ1v) is 11.0. The Balaban J connectivity index is 1.36. The summed E-state index contributed by atoms with van der Waals surface area (Å²) < 4.78 is 17.0. The molecule has 3 N–H and O–H groups in total. The Labute approximate surface area is 181 Å². The first-order valence-electron chi connectivity index (χ1n) is 10.7. The molecule has 2 saturated heterocycles. The number of benzene rings is 1. The number of anilines is 1. The third-order valence-corrected chi connectivity index (χ3v) is 6.46. The molecule has 4 rings (SSSR count). The Morgan fingerprint density at radius 3 is 2.77 bits per heavy atom. The van der Waals surface area contributed by atoms with E-state index in [1.54, 1.807) is 13.1 Å². The number of nitrogens with zero attached hydrogens (tertiary/aromatic N) is 1. The minimum atomic E-state index is -0.480. The molecule has 0 radical (unpaired) electrons. The van der Waals surface area contributed by atoms with Gasteiger partial charge in [-0.2, -0.15) is 0 Å². The topological polar surface area (TPSA) is 92.3 Å². The second kappa shape index (κ2) is 9.60. The number of likely N-dealkylation sites (tertiary alicyclic amines) is 1. The summed E-state index contributed by atoms with van der Waals surface area (Å²) in [4.78, 5) is 15.2. The molecule has 1 aromatic rings. The predicted molar refractivity (Wildman–Crippen MR) is 114 cm³/mol. The van der Waals surface area contributed by atoms with E-state index in [4.69, 9.17) is 25.8 Å². The number of fused-ring (bicyclic) bond motifs is 1. The minimum Gasteiger partial charge on any atom is -0.485 e. The van der Waals surface area contributed by atoms with Crippen LogP contribution in [0, 0.1) is 5.92 Å². The van der Waals surface area contributed by atoms with E-state index in [1.807, 2.05) is 0 Å². The molecule has 1 amide bonds. The number of piperidine rings is 1. The fourth-order valence-electron chi connectivity index (χ4n) is 4.37. The zero-order chi connectivity index (χ0) is 21.1. The number of carbonyl (C=O) groups excluding carboxylic acids is 1. The van der Waals surface area contributed by atoms with E-state index in [-0.39, 0.29) is 17.9 Å². The van der Waals surface area contributed by atoms with Crippen LogP contribution in [0.2, 0.25) is 5.02 Å². The van der Waals surface area contributed by atoms with Crippen molar-refractivity contribution < 1.29 is 24.1 Å². The molecule has 0 saturated carbocycles. The monoisotopic (exact) mass is 439 g/mol. The van der Waals surface area contributed by atoms with Crippen molar-refractivity contribution in [3.63, 3.8) is 0 Å². The van der Waals surface area contributed by atoms with Crippen molar-refractivity contribution in [1.82, 2.24) is 10.2 Å². The molecule has 30 heavy (non-hydrogen) atoms. The lowest BCUT2D eigenvalue weighted by atomic mass is 9.93. The number of aliphatic hydroxyl groups is 1. The minimum absolute atomic E-state index is 0.0127. The smallest absolute Gasteiger partial charge is 0.255 e. The van der Waals surface area contributed by atoms with Crippen molar-refractivity contribution in [2.45, 2.75) is 31.5 Å². The molecule has 9 heteroatoms. The number of rotatable bonds is 6. The van der Waals surface area contributed by atoms with Gasteiger partial charge in [-0.05, 0) is 31.9 Å². The Morgan fingerprint density at radius 2 is 2.07 bits per heavy atom. The van der Waals surface area contributed by atoms with Gasteiger partial charge in [0.05, 0.1) is 23.5 Å². The molecule has 3 aliphatic heterocycles. The molecule has 2 fully saturated rings. The number of amides is 1. The average Bonchev–Trinajstić information content (AvgIpc) is 3.26. The van der Waals surface area contributed by atoms with E-state index in [1.165, 1.54) is 0 Å². The van der Waals surface area contributed by atoms with Crippen LogP contribution in [-0.2, 0) is 4.74 Å². The van der Waals surface area contributed by atoms with E-state index >= 15 is 0 Å². The Morgan fingerprint density at radius 1 is 1.27 bits per heavy atom. The van der Waals surface area contributed by atoms with Crippen LogP contribution in [0.5, 0.6) is 11.5 Å². The SMILES string of the molecule is CNc1cc(C(=O)NC[C@@H]2CCN(CC3CCCO3)CC2O)c2c(c1Cl)OCCO2. The van der Waals surface area contributed by atoms with Crippen molar-refractivity contribution in [1.29, 1.82) is 0 Å². The zero-order valence-corrected chi connectivity index (χ0v) is 18.0. The number of hydrogen-bond donors (Lipinski definition) is 3. The molecule has 1 aromatic carbocycles. The molecule has 3 aliphatic rings. The normalized spacial score (nSPS) is 26.4. The van der Waals surface area contributed by atoms with Gasteiger partial charge in [0, 0.05) is 39.2 Å². The molecule has 0 spiro atoms. The zero-order valence-electron chi connectivity index (χ0n) is 17.3. The van der Waals surface area contributed by atoms with Crippen LogP contribution in [0.25, 0.3) is 0 Å². The number of β-amino-alcohol motifs (C(OH)–C–C–N with tert-alkyl or cyclic N) is 1. The standard InChI is InChI=1S/C21H30ClN3O5/c1-23-16-9-15(19-20(18(16)22)30-8-7-29-19)21(27)24-10-13-4-5-25(12-17(13)26)11-14-3-2-6-28-14/h9,13-14,17,23,26H,2-8,10-12H2,1H3,(H,24,27)/t13-,14?,17?/m0/s1. The predicted octanol–water partition coefficient (Wildman–Crippen LogP) is 1.74. The quantitative estimate of drug-likeness (QED) is 0.621. The summed E-state index contributed by atoms with van der Waals surface area (Å²) in [6.45, 7) is 4.38. The van der Waals surface area contributed by atoms with Gasteiger partial charge in [0.15, 0.2) is 11.5 Å². The van der Waals surface area contributed by atoms with Gasteiger partial charge in [0.25, 0.3) is 5.91 Å². The van der Waals surface area contributed by atoms with Gasteiger partial charge in [-0.25, -0.2) is 0 Å². The lowest BCUT2D eigenvalue weighted by Crippen LogP contribution is -2.49. The highest BCUT2D eigenvalue weighted by Gasteiger charge is 2.31. The fraction of sp³-hybridized carbons (Fsp3) is 0.667. The maximum absolute atomic E-state index is 12.9. The van der Waals surface area contributed by atoms with Gasteiger partial charge in [-0.1, -0.05) is 11.6 Å². The highest BCUT2D eigenvalue weighted by atomic mass is 35.5. The van der Waals surface area contributed by atoms with E-state index < -0.39 is 6.10 Å². The summed E-state index contributed by atoms with van der Waals surface area (Å²) in [7, 11) is 1.74. The molecular weight excluding hydrogens is 410 g/mol. The molecule has 0 aromatic heterocycles. The number of ether oxygens (including phenoxy) is 3. The van der Waals surface area contributed by atoms with Crippen LogP contribution < -0.4 is 20.1 Å². The molecular formula is C21H30ClN3O5. The number of hydrogen-bond acceptors (Lipinski definition) is 7. The average molecular weight is 440 g/mol. The highest BCUT2D eigenvalue weighted by molar-refractivity contribution is 6.35. The van der Waals surface area contributed by atoms with Gasteiger partial charge in [-0.15, -0.1) is 0 Å². The Kier molecular flexibility index (Phi) is 6.87. The van der Waals surface area contributed by atoms with Gasteiger partial charge in [0.2, 0.25) is 0 Å². The molecule has 8 nitrogen and oxygen atoms in total. The first-order chi connectivity index (χ1) is 14.6. The second-order valence-electron chi connectivity index (χ2n) is 8.11.